The first-order valence-corrected chi connectivity index (χ1v) is 6.94. The van der Waals surface area contributed by atoms with E-state index in [0.29, 0.717) is 23.3 Å². The molecule has 1 aromatic carbocycles. The molecule has 0 saturated carbocycles. The fourth-order valence-corrected chi connectivity index (χ4v) is 2.45. The quantitative estimate of drug-likeness (QED) is 0.702. The molecule has 96 valence electrons. The van der Waals surface area contributed by atoms with Crippen molar-refractivity contribution in [1.82, 2.24) is 4.98 Å². The lowest BCUT2D eigenvalue weighted by atomic mass is 10.3. The van der Waals surface area contributed by atoms with E-state index in [0.717, 1.165) is 10.6 Å². The van der Waals surface area contributed by atoms with Crippen molar-refractivity contribution in [2.75, 3.05) is 0 Å². The molecule has 3 aromatic rings. The van der Waals surface area contributed by atoms with Crippen LogP contribution in [0.4, 0.5) is 0 Å². The zero-order chi connectivity index (χ0) is 13.1. The molecule has 0 aliphatic rings. The zero-order valence-electron chi connectivity index (χ0n) is 9.88. The van der Waals surface area contributed by atoms with Crippen molar-refractivity contribution in [3.63, 3.8) is 0 Å². The van der Waals surface area contributed by atoms with Crippen LogP contribution >= 0.6 is 22.9 Å². The van der Waals surface area contributed by atoms with Crippen LogP contribution in [-0.4, -0.2) is 4.98 Å². The zero-order valence-corrected chi connectivity index (χ0v) is 11.4. The molecule has 0 fully saturated rings. The minimum atomic E-state index is 0.332. The second-order valence-corrected chi connectivity index (χ2v) is 5.20. The van der Waals surface area contributed by atoms with Gasteiger partial charge in [-0.2, -0.15) is 0 Å². The average Bonchev–Trinajstić information content (AvgIpc) is 3.09. The Balaban J connectivity index is 1.70. The summed E-state index contributed by atoms with van der Waals surface area (Å²) in [5.41, 5.74) is 0.739. The van der Waals surface area contributed by atoms with E-state index in [9.17, 15) is 0 Å². The van der Waals surface area contributed by atoms with Crippen molar-refractivity contribution in [3.8, 4) is 16.5 Å². The maximum absolute atomic E-state index is 6.01. The summed E-state index contributed by atoms with van der Waals surface area (Å²) in [6, 6.07) is 11.3. The van der Waals surface area contributed by atoms with Crippen LogP contribution in [0, 0.1) is 0 Å². The molecule has 0 unspecified atom stereocenters. The predicted molar refractivity (Wildman–Crippen MR) is 75.6 cm³/mol. The van der Waals surface area contributed by atoms with Gasteiger partial charge in [0.25, 0.3) is 0 Å². The summed E-state index contributed by atoms with van der Waals surface area (Å²) in [7, 11) is 0. The van der Waals surface area contributed by atoms with E-state index in [1.54, 1.807) is 23.7 Å². The first kappa shape index (κ1) is 12.3. The van der Waals surface area contributed by atoms with Crippen LogP contribution in [-0.2, 0) is 6.61 Å². The fourth-order valence-electron chi connectivity index (χ4n) is 1.60. The van der Waals surface area contributed by atoms with Gasteiger partial charge in [0, 0.05) is 0 Å². The molecule has 0 atom stereocenters. The lowest BCUT2D eigenvalue weighted by molar-refractivity contribution is 0.301. The van der Waals surface area contributed by atoms with Crippen molar-refractivity contribution in [3.05, 3.63) is 58.8 Å². The van der Waals surface area contributed by atoms with Crippen LogP contribution in [0.25, 0.3) is 10.8 Å². The molecule has 3 nitrogen and oxygen atoms in total. The standard InChI is InChI=1S/C14H10ClNO2S/c15-11-4-1-2-5-12(11)17-8-10-9-18-14(16-10)13-6-3-7-19-13/h1-7,9H,8H2. The Kier molecular flexibility index (Phi) is 3.53. The van der Waals surface area contributed by atoms with Crippen LogP contribution < -0.4 is 4.74 Å². The Morgan fingerprint density at radius 3 is 2.89 bits per heavy atom. The highest BCUT2D eigenvalue weighted by molar-refractivity contribution is 7.13. The minimum Gasteiger partial charge on any atom is -0.486 e. The Morgan fingerprint density at radius 1 is 1.21 bits per heavy atom. The molecule has 19 heavy (non-hydrogen) atoms. The summed E-state index contributed by atoms with van der Waals surface area (Å²) in [4.78, 5) is 5.38. The second kappa shape index (κ2) is 5.47. The number of benzene rings is 1. The summed E-state index contributed by atoms with van der Waals surface area (Å²) < 4.78 is 11.0. The molecule has 2 aromatic heterocycles. The van der Waals surface area contributed by atoms with Crippen LogP contribution in [0.15, 0.2) is 52.5 Å². The van der Waals surface area contributed by atoms with E-state index in [4.69, 9.17) is 20.8 Å². The molecule has 0 amide bonds. The number of para-hydroxylation sites is 1. The Hall–Kier alpha value is -1.78. The third kappa shape index (κ3) is 2.80. The highest BCUT2D eigenvalue weighted by atomic mass is 35.5. The topological polar surface area (TPSA) is 35.3 Å². The van der Waals surface area contributed by atoms with E-state index in [1.807, 2.05) is 35.7 Å². The van der Waals surface area contributed by atoms with E-state index in [1.165, 1.54) is 0 Å². The number of nitrogens with zero attached hydrogens (tertiary/aromatic N) is 1. The lowest BCUT2D eigenvalue weighted by Gasteiger charge is -2.04. The molecule has 0 bridgehead atoms. The number of oxazole rings is 1. The van der Waals surface area contributed by atoms with E-state index in [2.05, 4.69) is 4.98 Å². The van der Waals surface area contributed by atoms with Gasteiger partial charge in [-0.1, -0.05) is 29.8 Å². The Bertz CT molecular complexity index is 664. The number of ether oxygens (including phenoxy) is 1. The number of halogens is 1. The van der Waals surface area contributed by atoms with Gasteiger partial charge in [-0.3, -0.25) is 0 Å². The van der Waals surface area contributed by atoms with Gasteiger partial charge < -0.3 is 9.15 Å². The maximum Gasteiger partial charge on any atom is 0.236 e. The Morgan fingerprint density at radius 2 is 2.11 bits per heavy atom. The molecular formula is C14H10ClNO2S. The highest BCUT2D eigenvalue weighted by Crippen LogP contribution is 2.26. The van der Waals surface area contributed by atoms with Crippen molar-refractivity contribution < 1.29 is 9.15 Å². The number of thiophene rings is 1. The summed E-state index contributed by atoms with van der Waals surface area (Å²) in [5, 5.41) is 2.57. The maximum atomic E-state index is 6.01. The van der Waals surface area contributed by atoms with Gasteiger partial charge in [0.2, 0.25) is 5.89 Å². The molecule has 0 aliphatic heterocycles. The smallest absolute Gasteiger partial charge is 0.236 e. The molecule has 3 rings (SSSR count). The average molecular weight is 292 g/mol. The molecule has 5 heteroatoms. The first-order valence-electron chi connectivity index (χ1n) is 5.68. The SMILES string of the molecule is Clc1ccccc1OCc1coc(-c2cccs2)n1. The van der Waals surface area contributed by atoms with Crippen molar-refractivity contribution in [2.45, 2.75) is 6.61 Å². The number of rotatable bonds is 4. The normalized spacial score (nSPS) is 10.6. The first-order chi connectivity index (χ1) is 9.33. The van der Waals surface area contributed by atoms with E-state index >= 15 is 0 Å². The number of hydrogen-bond donors (Lipinski definition) is 0. The fraction of sp³-hybridized carbons (Fsp3) is 0.0714. The van der Waals surface area contributed by atoms with Gasteiger partial charge in [0.05, 0.1) is 9.90 Å². The predicted octanol–water partition coefficient (Wildman–Crippen LogP) is 4.64. The number of hydrogen-bond acceptors (Lipinski definition) is 4. The van der Waals surface area contributed by atoms with Crippen LogP contribution in [0.1, 0.15) is 5.69 Å². The van der Waals surface area contributed by atoms with Gasteiger partial charge in [-0.05, 0) is 23.6 Å². The van der Waals surface area contributed by atoms with Gasteiger partial charge in [0.15, 0.2) is 0 Å². The molecule has 0 aliphatic carbocycles. The summed E-state index contributed by atoms with van der Waals surface area (Å²) in [6.45, 7) is 0.332. The third-order valence-corrected chi connectivity index (χ3v) is 3.67. The highest BCUT2D eigenvalue weighted by Gasteiger charge is 2.08. The molecule has 0 spiro atoms. The van der Waals surface area contributed by atoms with E-state index < -0.39 is 0 Å². The Labute approximate surface area is 119 Å². The van der Waals surface area contributed by atoms with Gasteiger partial charge >= 0.3 is 0 Å². The van der Waals surface area contributed by atoms with Crippen molar-refractivity contribution in [1.29, 1.82) is 0 Å². The summed E-state index contributed by atoms with van der Waals surface area (Å²) in [5.74, 6) is 1.26. The monoisotopic (exact) mass is 291 g/mol. The van der Waals surface area contributed by atoms with Crippen LogP contribution in [0.5, 0.6) is 5.75 Å². The second-order valence-electron chi connectivity index (χ2n) is 3.84. The molecule has 2 heterocycles. The third-order valence-electron chi connectivity index (χ3n) is 2.50. The van der Waals surface area contributed by atoms with Gasteiger partial charge in [0.1, 0.15) is 24.3 Å². The summed E-state index contributed by atoms with van der Waals surface area (Å²) >= 11 is 7.60. The van der Waals surface area contributed by atoms with E-state index in [-0.39, 0.29) is 0 Å². The molecular weight excluding hydrogens is 282 g/mol. The largest absolute Gasteiger partial charge is 0.486 e. The molecule has 0 radical (unpaired) electrons. The van der Waals surface area contributed by atoms with Gasteiger partial charge in [-0.15, -0.1) is 11.3 Å². The van der Waals surface area contributed by atoms with Crippen molar-refractivity contribution in [2.24, 2.45) is 0 Å². The molecule has 0 saturated heterocycles. The molecule has 0 N–H and O–H groups in total. The van der Waals surface area contributed by atoms with Crippen LogP contribution in [0.2, 0.25) is 5.02 Å². The lowest BCUT2D eigenvalue weighted by Crippen LogP contribution is -1.96. The van der Waals surface area contributed by atoms with Crippen LogP contribution in [0.3, 0.4) is 0 Å². The number of aromatic nitrogens is 1. The van der Waals surface area contributed by atoms with Gasteiger partial charge in [-0.25, -0.2) is 4.98 Å². The van der Waals surface area contributed by atoms with Crippen molar-refractivity contribution >= 4 is 22.9 Å². The summed E-state index contributed by atoms with van der Waals surface area (Å²) in [6.07, 6.45) is 1.60. The minimum absolute atomic E-state index is 0.332.